The predicted octanol–water partition coefficient (Wildman–Crippen LogP) is 4.22. The molecule has 42 heavy (non-hydrogen) atoms. The summed E-state index contributed by atoms with van der Waals surface area (Å²) in [6.45, 7) is 6.56. The van der Waals surface area contributed by atoms with E-state index in [9.17, 15) is 30.8 Å². The van der Waals surface area contributed by atoms with Crippen molar-refractivity contribution in [3.05, 3.63) is 88.7 Å². The number of carboxylic acid groups (broad SMARTS) is 1. The fourth-order valence-electron chi connectivity index (χ4n) is 4.06. The highest BCUT2D eigenvalue weighted by Crippen LogP contribution is 2.31. The van der Waals surface area contributed by atoms with Crippen LogP contribution in [-0.4, -0.2) is 57.8 Å². The summed E-state index contributed by atoms with van der Waals surface area (Å²) < 4.78 is 75.1. The standard InChI is InChI=1S/C26H29FN4O3S.C2HF3O2/c1-18-7-8-19(2)25(15-18)35(33,34)30-23-16-20(9-10-24(23)31-13-11-28-12-14-31)26(32)29-17-21-5-3-4-6-22(21)27;3-2(4,5)1(6)7/h3-10,15-16,28,30H,11-14,17H2,1-2H3,(H,29,32);(H,6,7). The van der Waals surface area contributed by atoms with Gasteiger partial charge in [-0.15, -0.1) is 0 Å². The van der Waals surface area contributed by atoms with E-state index >= 15 is 0 Å². The lowest BCUT2D eigenvalue weighted by molar-refractivity contribution is -0.192. The van der Waals surface area contributed by atoms with Crippen LogP contribution in [0.15, 0.2) is 65.6 Å². The number of benzene rings is 3. The number of aryl methyl sites for hydroxylation is 2. The van der Waals surface area contributed by atoms with Gasteiger partial charge in [-0.2, -0.15) is 13.2 Å². The first-order valence-corrected chi connectivity index (χ1v) is 14.2. The Balaban J connectivity index is 0.000000616. The van der Waals surface area contributed by atoms with E-state index in [1.165, 1.54) is 12.1 Å². The van der Waals surface area contributed by atoms with Gasteiger partial charge in [0.25, 0.3) is 15.9 Å². The normalized spacial score (nSPS) is 13.5. The molecule has 1 aliphatic heterocycles. The van der Waals surface area contributed by atoms with Crippen LogP contribution < -0.4 is 20.3 Å². The van der Waals surface area contributed by atoms with Crippen LogP contribution in [0.1, 0.15) is 27.0 Å². The van der Waals surface area contributed by atoms with Gasteiger partial charge in [0.15, 0.2) is 0 Å². The van der Waals surface area contributed by atoms with Gasteiger partial charge in [0, 0.05) is 43.9 Å². The number of alkyl halides is 3. The maximum atomic E-state index is 13.9. The number of carbonyl (C=O) groups is 2. The summed E-state index contributed by atoms with van der Waals surface area (Å²) in [5.41, 5.74) is 3.13. The molecule has 4 N–H and O–H groups in total. The summed E-state index contributed by atoms with van der Waals surface area (Å²) in [7, 11) is -3.90. The first kappa shape index (κ1) is 32.3. The van der Waals surface area contributed by atoms with Gasteiger partial charge < -0.3 is 20.6 Å². The quantitative estimate of drug-likeness (QED) is 0.295. The number of anilines is 2. The van der Waals surface area contributed by atoms with E-state index in [0.29, 0.717) is 35.6 Å². The van der Waals surface area contributed by atoms with E-state index in [1.807, 2.05) is 13.0 Å². The molecule has 3 aromatic rings. The third kappa shape index (κ3) is 8.66. The van der Waals surface area contributed by atoms with Crippen LogP contribution in [0, 0.1) is 19.7 Å². The maximum Gasteiger partial charge on any atom is 0.490 e. The number of nitrogens with zero attached hydrogens (tertiary/aromatic N) is 1. The number of hydrogen-bond donors (Lipinski definition) is 4. The fraction of sp³-hybridized carbons (Fsp3) is 0.286. The Bertz CT molecular complexity index is 1540. The second kappa shape index (κ2) is 13.7. The molecule has 0 bridgehead atoms. The number of piperazine rings is 1. The molecule has 0 radical (unpaired) electrons. The molecule has 226 valence electrons. The average molecular weight is 611 g/mol. The van der Waals surface area contributed by atoms with Gasteiger partial charge in [0.1, 0.15) is 5.82 Å². The molecule has 1 heterocycles. The molecule has 9 nitrogen and oxygen atoms in total. The van der Waals surface area contributed by atoms with Crippen molar-refractivity contribution in [2.45, 2.75) is 31.5 Å². The Morgan fingerprint density at radius 3 is 2.26 bits per heavy atom. The van der Waals surface area contributed by atoms with Crippen molar-refractivity contribution in [2.24, 2.45) is 0 Å². The van der Waals surface area contributed by atoms with Gasteiger partial charge in [-0.05, 0) is 55.3 Å². The van der Waals surface area contributed by atoms with Crippen molar-refractivity contribution >= 4 is 33.3 Å². The van der Waals surface area contributed by atoms with Gasteiger partial charge in [-0.25, -0.2) is 17.6 Å². The van der Waals surface area contributed by atoms with E-state index < -0.39 is 33.9 Å². The van der Waals surface area contributed by atoms with Crippen LogP contribution in [0.4, 0.5) is 28.9 Å². The first-order valence-electron chi connectivity index (χ1n) is 12.7. The van der Waals surface area contributed by atoms with E-state index in [1.54, 1.807) is 49.4 Å². The van der Waals surface area contributed by atoms with Gasteiger partial charge >= 0.3 is 12.1 Å². The summed E-state index contributed by atoms with van der Waals surface area (Å²) >= 11 is 0. The third-order valence-electron chi connectivity index (χ3n) is 6.23. The molecule has 0 aliphatic carbocycles. The summed E-state index contributed by atoms with van der Waals surface area (Å²) in [5.74, 6) is -3.58. The highest BCUT2D eigenvalue weighted by molar-refractivity contribution is 7.92. The van der Waals surface area contributed by atoms with Crippen molar-refractivity contribution in [3.63, 3.8) is 0 Å². The molecule has 1 saturated heterocycles. The minimum absolute atomic E-state index is 0.0224. The van der Waals surface area contributed by atoms with Crippen molar-refractivity contribution in [2.75, 3.05) is 35.8 Å². The van der Waals surface area contributed by atoms with Crippen molar-refractivity contribution in [1.29, 1.82) is 0 Å². The number of nitrogens with one attached hydrogen (secondary N) is 3. The topological polar surface area (TPSA) is 128 Å². The van der Waals surface area contributed by atoms with Crippen LogP contribution in [0.3, 0.4) is 0 Å². The minimum atomic E-state index is -5.08. The molecule has 1 fully saturated rings. The average Bonchev–Trinajstić information content (AvgIpc) is 2.93. The molecular weight excluding hydrogens is 580 g/mol. The number of halogens is 4. The van der Waals surface area contributed by atoms with Crippen molar-refractivity contribution in [3.8, 4) is 0 Å². The molecule has 0 atom stereocenters. The summed E-state index contributed by atoms with van der Waals surface area (Å²) in [4.78, 5) is 24.0. The predicted molar refractivity (Wildman–Crippen MR) is 150 cm³/mol. The van der Waals surface area contributed by atoms with E-state index in [4.69, 9.17) is 9.90 Å². The van der Waals surface area contributed by atoms with Gasteiger partial charge in [0.05, 0.1) is 16.3 Å². The second-order valence-electron chi connectivity index (χ2n) is 9.42. The molecule has 3 aromatic carbocycles. The van der Waals surface area contributed by atoms with E-state index in [0.717, 1.165) is 18.7 Å². The minimum Gasteiger partial charge on any atom is -0.475 e. The third-order valence-corrected chi connectivity index (χ3v) is 7.74. The molecule has 0 saturated carbocycles. The number of amides is 1. The maximum absolute atomic E-state index is 13.9. The highest BCUT2D eigenvalue weighted by atomic mass is 32.2. The molecule has 4 rings (SSSR count). The van der Waals surface area contributed by atoms with Crippen molar-refractivity contribution in [1.82, 2.24) is 10.6 Å². The number of aliphatic carboxylic acids is 1. The molecular formula is C28H30F4N4O5S. The lowest BCUT2D eigenvalue weighted by Gasteiger charge is -2.31. The lowest BCUT2D eigenvalue weighted by Crippen LogP contribution is -2.43. The zero-order chi connectivity index (χ0) is 31.1. The van der Waals surface area contributed by atoms with E-state index in [-0.39, 0.29) is 17.0 Å². The first-order chi connectivity index (χ1) is 19.7. The molecule has 1 amide bonds. The van der Waals surface area contributed by atoms with Gasteiger partial charge in [0.2, 0.25) is 0 Å². The largest absolute Gasteiger partial charge is 0.490 e. The Hall–Kier alpha value is -4.17. The zero-order valence-electron chi connectivity index (χ0n) is 22.8. The van der Waals surface area contributed by atoms with Crippen molar-refractivity contribution < 1.29 is 40.7 Å². The number of carbonyl (C=O) groups excluding carboxylic acids is 1. The Morgan fingerprint density at radius 1 is 1.00 bits per heavy atom. The fourth-order valence-corrected chi connectivity index (χ4v) is 5.45. The van der Waals surface area contributed by atoms with Crippen LogP contribution in [0.25, 0.3) is 0 Å². The number of carboxylic acids is 1. The molecule has 0 aromatic heterocycles. The summed E-state index contributed by atoms with van der Waals surface area (Å²) in [5, 5.41) is 13.1. The zero-order valence-corrected chi connectivity index (χ0v) is 23.6. The molecule has 14 heteroatoms. The van der Waals surface area contributed by atoms with Crippen LogP contribution >= 0.6 is 0 Å². The lowest BCUT2D eigenvalue weighted by atomic mass is 10.1. The Kier molecular flexibility index (Phi) is 10.5. The summed E-state index contributed by atoms with van der Waals surface area (Å²) in [6.07, 6.45) is -5.08. The van der Waals surface area contributed by atoms with Crippen LogP contribution in [0.5, 0.6) is 0 Å². The van der Waals surface area contributed by atoms with Gasteiger partial charge in [-0.1, -0.05) is 30.3 Å². The molecule has 0 unspecified atom stereocenters. The van der Waals surface area contributed by atoms with Crippen LogP contribution in [0.2, 0.25) is 0 Å². The Morgan fingerprint density at radius 2 is 1.64 bits per heavy atom. The number of hydrogen-bond acceptors (Lipinski definition) is 6. The summed E-state index contributed by atoms with van der Waals surface area (Å²) in [6, 6.07) is 16.4. The number of sulfonamides is 1. The second-order valence-corrected chi connectivity index (χ2v) is 11.1. The molecule has 0 spiro atoms. The number of rotatable bonds is 7. The Labute approximate surface area is 240 Å². The molecule has 1 aliphatic rings. The monoisotopic (exact) mass is 610 g/mol. The smallest absolute Gasteiger partial charge is 0.475 e. The van der Waals surface area contributed by atoms with E-state index in [2.05, 4.69) is 20.3 Å². The van der Waals surface area contributed by atoms with Gasteiger partial charge in [-0.3, -0.25) is 9.52 Å². The van der Waals surface area contributed by atoms with Crippen LogP contribution in [-0.2, 0) is 21.4 Å². The highest BCUT2D eigenvalue weighted by Gasteiger charge is 2.38. The SMILES string of the molecule is Cc1ccc(C)c(S(=O)(=O)Nc2cc(C(=O)NCc3ccccc3F)ccc2N2CCNCC2)c1.O=C(O)C(F)(F)F.